The lowest BCUT2D eigenvalue weighted by Crippen LogP contribution is -2.04. The fourth-order valence-electron chi connectivity index (χ4n) is 1.71. The van der Waals surface area contributed by atoms with Gasteiger partial charge in [-0.1, -0.05) is 41.9 Å². The second-order valence-electron chi connectivity index (χ2n) is 4.44. The van der Waals surface area contributed by atoms with Crippen molar-refractivity contribution in [3.63, 3.8) is 0 Å². The van der Waals surface area contributed by atoms with Crippen LogP contribution in [0.5, 0.6) is 0 Å². The van der Waals surface area contributed by atoms with Crippen LogP contribution in [0.2, 0.25) is 0 Å². The van der Waals surface area contributed by atoms with Gasteiger partial charge < -0.3 is 0 Å². The lowest BCUT2D eigenvalue weighted by atomic mass is 9.95. The summed E-state index contributed by atoms with van der Waals surface area (Å²) in [6, 6.07) is 10.4. The standard InChI is InChI=1S/C14H13BrN2S/c1-9(2)12(7-16)13-8-18-14(17-13)10-3-5-11(15)6-4-10/h3-6,8-9,12H,1-2H3. The Kier molecular flexibility index (Phi) is 4.15. The third kappa shape index (κ3) is 2.80. The monoisotopic (exact) mass is 320 g/mol. The summed E-state index contributed by atoms with van der Waals surface area (Å²) in [7, 11) is 0. The molecular formula is C14H13BrN2S. The molecule has 2 aromatic rings. The predicted molar refractivity (Wildman–Crippen MR) is 78.4 cm³/mol. The quantitative estimate of drug-likeness (QED) is 0.811. The minimum absolute atomic E-state index is 0.120. The predicted octanol–water partition coefficient (Wildman–Crippen LogP) is 4.84. The number of thiazole rings is 1. The highest BCUT2D eigenvalue weighted by Gasteiger charge is 2.18. The van der Waals surface area contributed by atoms with E-state index in [1.165, 1.54) is 0 Å². The molecule has 92 valence electrons. The van der Waals surface area contributed by atoms with E-state index in [0.717, 1.165) is 20.7 Å². The SMILES string of the molecule is CC(C)C(C#N)c1csc(-c2ccc(Br)cc2)n1. The summed E-state index contributed by atoms with van der Waals surface area (Å²) >= 11 is 5.01. The van der Waals surface area contributed by atoms with Gasteiger partial charge in [-0.25, -0.2) is 4.98 Å². The van der Waals surface area contributed by atoms with Gasteiger partial charge in [0.2, 0.25) is 0 Å². The van der Waals surface area contributed by atoms with Crippen molar-refractivity contribution in [3.8, 4) is 16.6 Å². The molecule has 0 N–H and O–H groups in total. The van der Waals surface area contributed by atoms with Gasteiger partial charge in [-0.2, -0.15) is 5.26 Å². The van der Waals surface area contributed by atoms with Gasteiger partial charge in [0.1, 0.15) is 5.01 Å². The second kappa shape index (κ2) is 5.64. The van der Waals surface area contributed by atoms with Crippen molar-refractivity contribution in [3.05, 3.63) is 39.8 Å². The van der Waals surface area contributed by atoms with Gasteiger partial charge in [-0.05, 0) is 18.1 Å². The molecule has 0 saturated carbocycles. The van der Waals surface area contributed by atoms with Crippen LogP contribution in [0.25, 0.3) is 10.6 Å². The zero-order valence-electron chi connectivity index (χ0n) is 10.2. The van der Waals surface area contributed by atoms with Crippen molar-refractivity contribution < 1.29 is 0 Å². The van der Waals surface area contributed by atoms with Gasteiger partial charge in [-0.15, -0.1) is 11.3 Å². The molecule has 1 aromatic carbocycles. The van der Waals surface area contributed by atoms with Gasteiger partial charge in [-0.3, -0.25) is 0 Å². The molecule has 1 unspecified atom stereocenters. The maximum atomic E-state index is 9.17. The number of aromatic nitrogens is 1. The van der Waals surface area contributed by atoms with Crippen LogP contribution in [0, 0.1) is 17.2 Å². The molecule has 0 amide bonds. The highest BCUT2D eigenvalue weighted by Crippen LogP contribution is 2.30. The summed E-state index contributed by atoms with van der Waals surface area (Å²) in [4.78, 5) is 4.58. The Hall–Kier alpha value is -1.18. The van der Waals surface area contributed by atoms with Crippen LogP contribution in [-0.2, 0) is 0 Å². The van der Waals surface area contributed by atoms with Crippen LogP contribution in [0.4, 0.5) is 0 Å². The Bertz CT molecular complexity index is 566. The maximum absolute atomic E-state index is 9.17. The van der Waals surface area contributed by atoms with Crippen molar-refractivity contribution in [2.45, 2.75) is 19.8 Å². The first kappa shape index (κ1) is 13.3. The van der Waals surface area contributed by atoms with E-state index in [1.54, 1.807) is 11.3 Å². The Morgan fingerprint density at radius 2 is 1.94 bits per heavy atom. The van der Waals surface area contributed by atoms with Crippen molar-refractivity contribution >= 4 is 27.3 Å². The van der Waals surface area contributed by atoms with E-state index < -0.39 is 0 Å². The molecule has 1 heterocycles. The topological polar surface area (TPSA) is 36.7 Å². The highest BCUT2D eigenvalue weighted by atomic mass is 79.9. The first-order valence-electron chi connectivity index (χ1n) is 5.73. The number of hydrogen-bond donors (Lipinski definition) is 0. The van der Waals surface area contributed by atoms with Gasteiger partial charge >= 0.3 is 0 Å². The average molecular weight is 321 g/mol. The molecule has 0 saturated heterocycles. The summed E-state index contributed by atoms with van der Waals surface area (Å²) in [6.07, 6.45) is 0. The van der Waals surface area contributed by atoms with Crippen LogP contribution in [0.3, 0.4) is 0 Å². The number of halogens is 1. The summed E-state index contributed by atoms with van der Waals surface area (Å²) in [5, 5.41) is 12.1. The van der Waals surface area contributed by atoms with Gasteiger partial charge in [0.05, 0.1) is 17.7 Å². The summed E-state index contributed by atoms with van der Waals surface area (Å²) in [5.74, 6) is 0.167. The lowest BCUT2D eigenvalue weighted by molar-refractivity contribution is 0.578. The number of rotatable bonds is 3. The van der Waals surface area contributed by atoms with E-state index in [1.807, 2.05) is 43.5 Å². The van der Waals surface area contributed by atoms with E-state index in [9.17, 15) is 5.26 Å². The average Bonchev–Trinajstić information content (AvgIpc) is 2.80. The number of hydrogen-bond acceptors (Lipinski definition) is 3. The van der Waals surface area contributed by atoms with E-state index >= 15 is 0 Å². The first-order chi connectivity index (χ1) is 8.61. The molecule has 1 atom stereocenters. The van der Waals surface area contributed by atoms with Crippen LogP contribution in [0.15, 0.2) is 34.1 Å². The zero-order valence-corrected chi connectivity index (χ0v) is 12.6. The Morgan fingerprint density at radius 1 is 1.28 bits per heavy atom. The third-order valence-electron chi connectivity index (χ3n) is 2.74. The molecule has 1 aromatic heterocycles. The molecular weight excluding hydrogens is 308 g/mol. The van der Waals surface area contributed by atoms with Crippen molar-refractivity contribution in [1.82, 2.24) is 4.98 Å². The van der Waals surface area contributed by atoms with E-state index in [4.69, 9.17) is 0 Å². The zero-order chi connectivity index (χ0) is 13.1. The van der Waals surface area contributed by atoms with Crippen LogP contribution in [0.1, 0.15) is 25.5 Å². The van der Waals surface area contributed by atoms with Crippen LogP contribution < -0.4 is 0 Å². The smallest absolute Gasteiger partial charge is 0.123 e. The van der Waals surface area contributed by atoms with Gasteiger partial charge in [0.15, 0.2) is 0 Å². The molecule has 2 nitrogen and oxygen atoms in total. The second-order valence-corrected chi connectivity index (χ2v) is 6.21. The van der Waals surface area contributed by atoms with E-state index in [2.05, 4.69) is 27.0 Å². The molecule has 18 heavy (non-hydrogen) atoms. The van der Waals surface area contributed by atoms with Gasteiger partial charge in [0.25, 0.3) is 0 Å². The molecule has 4 heteroatoms. The number of nitrogens with zero attached hydrogens (tertiary/aromatic N) is 2. The third-order valence-corrected chi connectivity index (χ3v) is 4.18. The summed E-state index contributed by atoms with van der Waals surface area (Å²) in [6.45, 7) is 4.10. The van der Waals surface area contributed by atoms with Crippen molar-refractivity contribution in [1.29, 1.82) is 5.26 Å². The largest absolute Gasteiger partial charge is 0.240 e. The van der Waals surface area contributed by atoms with Crippen LogP contribution in [-0.4, -0.2) is 4.98 Å². The maximum Gasteiger partial charge on any atom is 0.123 e. The Balaban J connectivity index is 2.31. The molecule has 0 spiro atoms. The van der Waals surface area contributed by atoms with Gasteiger partial charge in [0, 0.05) is 15.4 Å². The number of benzene rings is 1. The fourth-order valence-corrected chi connectivity index (χ4v) is 2.84. The summed E-state index contributed by atoms with van der Waals surface area (Å²) < 4.78 is 1.06. The number of nitriles is 1. The van der Waals surface area contributed by atoms with Crippen molar-refractivity contribution in [2.75, 3.05) is 0 Å². The normalized spacial score (nSPS) is 12.4. The van der Waals surface area contributed by atoms with E-state index in [-0.39, 0.29) is 11.8 Å². The molecule has 0 bridgehead atoms. The molecule has 0 fully saturated rings. The minimum atomic E-state index is -0.120. The lowest BCUT2D eigenvalue weighted by Gasteiger charge is -2.09. The first-order valence-corrected chi connectivity index (χ1v) is 7.40. The van der Waals surface area contributed by atoms with Crippen molar-refractivity contribution in [2.24, 2.45) is 5.92 Å². The Morgan fingerprint density at radius 3 is 2.50 bits per heavy atom. The Labute approximate surface area is 119 Å². The molecule has 0 aliphatic heterocycles. The minimum Gasteiger partial charge on any atom is -0.240 e. The van der Waals surface area contributed by atoms with Crippen LogP contribution >= 0.6 is 27.3 Å². The van der Waals surface area contributed by atoms with E-state index in [0.29, 0.717) is 0 Å². The molecule has 0 radical (unpaired) electrons. The molecule has 0 aliphatic carbocycles. The molecule has 2 rings (SSSR count). The highest BCUT2D eigenvalue weighted by molar-refractivity contribution is 9.10. The summed E-state index contributed by atoms with van der Waals surface area (Å²) in [5.41, 5.74) is 1.98. The molecule has 0 aliphatic rings. The fraction of sp³-hybridized carbons (Fsp3) is 0.286.